The van der Waals surface area contributed by atoms with Crippen molar-refractivity contribution in [2.75, 3.05) is 0 Å². The van der Waals surface area contributed by atoms with Gasteiger partial charge in [0.1, 0.15) is 11.8 Å². The molecule has 1 heterocycles. The van der Waals surface area contributed by atoms with Crippen LogP contribution in [0.25, 0.3) is 0 Å². The number of pyridine rings is 1. The minimum atomic E-state index is -0.939. The van der Waals surface area contributed by atoms with Crippen molar-refractivity contribution in [3.05, 3.63) is 23.0 Å². The maximum Gasteiger partial charge on any atom is 0.320 e. The molecule has 0 saturated carbocycles. The van der Waals surface area contributed by atoms with Crippen LogP contribution in [0.4, 0.5) is 0 Å². The molecule has 0 spiro atoms. The Bertz CT molecular complexity index is 460. The fourth-order valence-corrected chi connectivity index (χ4v) is 1.84. The SMILES string of the molecule is Cc1ncc(CO)c(CNC(C(=O)O)C(C)C)c1O. The summed E-state index contributed by atoms with van der Waals surface area (Å²) in [6.07, 6.45) is 1.48. The number of aliphatic hydroxyl groups is 1. The molecule has 0 aliphatic rings. The fraction of sp³-hybridized carbons (Fsp3) is 0.538. The van der Waals surface area contributed by atoms with Crippen LogP contribution < -0.4 is 5.32 Å². The summed E-state index contributed by atoms with van der Waals surface area (Å²) in [7, 11) is 0. The Morgan fingerprint density at radius 1 is 1.47 bits per heavy atom. The molecule has 6 nitrogen and oxygen atoms in total. The molecule has 1 unspecified atom stereocenters. The molecule has 0 aromatic carbocycles. The number of aryl methyl sites for hydroxylation is 1. The lowest BCUT2D eigenvalue weighted by Crippen LogP contribution is -2.40. The fourth-order valence-electron chi connectivity index (χ4n) is 1.84. The Balaban J connectivity index is 2.93. The standard InChI is InChI=1S/C13H20N2O4/c1-7(2)11(13(18)19)15-5-10-9(6-16)4-14-8(3)12(10)17/h4,7,11,15-17H,5-6H2,1-3H3,(H,18,19). The number of carbonyl (C=O) groups is 1. The molecule has 0 fully saturated rings. The summed E-state index contributed by atoms with van der Waals surface area (Å²) in [4.78, 5) is 15.0. The van der Waals surface area contributed by atoms with Gasteiger partial charge < -0.3 is 15.3 Å². The van der Waals surface area contributed by atoms with Gasteiger partial charge in [-0.25, -0.2) is 0 Å². The van der Waals surface area contributed by atoms with E-state index in [4.69, 9.17) is 5.11 Å². The molecule has 1 atom stereocenters. The number of carboxylic acids is 1. The smallest absolute Gasteiger partial charge is 0.320 e. The van der Waals surface area contributed by atoms with Crippen molar-refractivity contribution in [3.8, 4) is 5.75 Å². The van der Waals surface area contributed by atoms with E-state index in [-0.39, 0.29) is 24.8 Å². The van der Waals surface area contributed by atoms with E-state index in [1.54, 1.807) is 20.8 Å². The maximum absolute atomic E-state index is 11.1. The molecule has 0 aliphatic carbocycles. The van der Waals surface area contributed by atoms with Gasteiger partial charge in [0, 0.05) is 23.9 Å². The van der Waals surface area contributed by atoms with E-state index in [2.05, 4.69) is 10.3 Å². The first-order valence-corrected chi connectivity index (χ1v) is 6.11. The molecule has 0 saturated heterocycles. The number of nitrogens with one attached hydrogen (secondary N) is 1. The van der Waals surface area contributed by atoms with E-state index in [1.807, 2.05) is 0 Å². The second kappa shape index (κ2) is 6.49. The summed E-state index contributed by atoms with van der Waals surface area (Å²) in [6, 6.07) is -0.709. The summed E-state index contributed by atoms with van der Waals surface area (Å²) in [5.41, 5.74) is 1.43. The lowest BCUT2D eigenvalue weighted by molar-refractivity contribution is -0.140. The van der Waals surface area contributed by atoms with Gasteiger partial charge in [0.2, 0.25) is 0 Å². The van der Waals surface area contributed by atoms with Crippen LogP contribution in [0.2, 0.25) is 0 Å². The highest BCUT2D eigenvalue weighted by Crippen LogP contribution is 2.24. The third kappa shape index (κ3) is 3.65. The molecule has 1 aromatic heterocycles. The molecule has 0 aliphatic heterocycles. The van der Waals surface area contributed by atoms with Crippen molar-refractivity contribution < 1.29 is 20.1 Å². The van der Waals surface area contributed by atoms with Crippen LogP contribution in [-0.4, -0.2) is 32.3 Å². The molecule has 4 N–H and O–H groups in total. The summed E-state index contributed by atoms with van der Waals surface area (Å²) < 4.78 is 0. The van der Waals surface area contributed by atoms with Gasteiger partial charge in [-0.15, -0.1) is 0 Å². The highest BCUT2D eigenvalue weighted by atomic mass is 16.4. The van der Waals surface area contributed by atoms with E-state index in [9.17, 15) is 15.0 Å². The quantitative estimate of drug-likeness (QED) is 0.608. The Kier molecular flexibility index (Phi) is 5.26. The van der Waals surface area contributed by atoms with Gasteiger partial charge in [-0.3, -0.25) is 15.1 Å². The topological polar surface area (TPSA) is 103 Å². The van der Waals surface area contributed by atoms with Crippen LogP contribution in [0.5, 0.6) is 5.75 Å². The van der Waals surface area contributed by atoms with Crippen molar-refractivity contribution in [1.29, 1.82) is 0 Å². The molecule has 0 radical (unpaired) electrons. The maximum atomic E-state index is 11.1. The Morgan fingerprint density at radius 2 is 2.11 bits per heavy atom. The van der Waals surface area contributed by atoms with Gasteiger partial charge in [0.25, 0.3) is 0 Å². The second-order valence-corrected chi connectivity index (χ2v) is 4.79. The predicted molar refractivity (Wildman–Crippen MR) is 69.7 cm³/mol. The zero-order chi connectivity index (χ0) is 14.6. The zero-order valence-corrected chi connectivity index (χ0v) is 11.3. The van der Waals surface area contributed by atoms with Crippen LogP contribution in [-0.2, 0) is 17.9 Å². The Labute approximate surface area is 112 Å². The van der Waals surface area contributed by atoms with Crippen molar-refractivity contribution in [2.24, 2.45) is 5.92 Å². The molecule has 1 aromatic rings. The molecule has 0 bridgehead atoms. The van der Waals surface area contributed by atoms with Crippen molar-refractivity contribution >= 4 is 5.97 Å². The van der Waals surface area contributed by atoms with E-state index in [1.165, 1.54) is 6.20 Å². The largest absolute Gasteiger partial charge is 0.506 e. The predicted octanol–water partition coefficient (Wildman–Crippen LogP) is 0.787. The van der Waals surface area contributed by atoms with Crippen molar-refractivity contribution in [2.45, 2.75) is 40.0 Å². The van der Waals surface area contributed by atoms with Crippen LogP contribution in [0.15, 0.2) is 6.20 Å². The molecule has 1 rings (SSSR count). The van der Waals surface area contributed by atoms with Crippen LogP contribution >= 0.6 is 0 Å². The van der Waals surface area contributed by atoms with Gasteiger partial charge >= 0.3 is 5.97 Å². The first-order valence-electron chi connectivity index (χ1n) is 6.11. The van der Waals surface area contributed by atoms with Gasteiger partial charge in [0.15, 0.2) is 0 Å². The van der Waals surface area contributed by atoms with Gasteiger partial charge in [0.05, 0.1) is 12.3 Å². The first-order chi connectivity index (χ1) is 8.88. The zero-order valence-electron chi connectivity index (χ0n) is 11.3. The van der Waals surface area contributed by atoms with Crippen LogP contribution in [0.3, 0.4) is 0 Å². The minimum Gasteiger partial charge on any atom is -0.506 e. The first kappa shape index (κ1) is 15.4. The van der Waals surface area contributed by atoms with E-state index in [0.29, 0.717) is 16.8 Å². The normalized spacial score (nSPS) is 12.7. The highest BCUT2D eigenvalue weighted by Gasteiger charge is 2.22. The summed E-state index contributed by atoms with van der Waals surface area (Å²) in [5, 5.41) is 31.1. The third-order valence-electron chi connectivity index (χ3n) is 3.03. The van der Waals surface area contributed by atoms with Gasteiger partial charge in [-0.1, -0.05) is 13.8 Å². The van der Waals surface area contributed by atoms with E-state index < -0.39 is 12.0 Å². The second-order valence-electron chi connectivity index (χ2n) is 4.79. The lowest BCUT2D eigenvalue weighted by atomic mass is 10.0. The van der Waals surface area contributed by atoms with Gasteiger partial charge in [-0.2, -0.15) is 0 Å². The molecule has 19 heavy (non-hydrogen) atoms. The number of hydrogen-bond acceptors (Lipinski definition) is 5. The van der Waals surface area contributed by atoms with Gasteiger partial charge in [-0.05, 0) is 12.8 Å². The van der Waals surface area contributed by atoms with E-state index >= 15 is 0 Å². The third-order valence-corrected chi connectivity index (χ3v) is 3.03. The number of aliphatic carboxylic acids is 1. The molecule has 6 heteroatoms. The highest BCUT2D eigenvalue weighted by molar-refractivity contribution is 5.73. The Hall–Kier alpha value is -1.66. The summed E-state index contributed by atoms with van der Waals surface area (Å²) in [5.74, 6) is -1.03. The van der Waals surface area contributed by atoms with E-state index in [0.717, 1.165) is 0 Å². The molecule has 106 valence electrons. The average Bonchev–Trinajstić information content (AvgIpc) is 2.33. The van der Waals surface area contributed by atoms with Crippen molar-refractivity contribution in [3.63, 3.8) is 0 Å². The lowest BCUT2D eigenvalue weighted by Gasteiger charge is -2.19. The number of nitrogens with zero attached hydrogens (tertiary/aromatic N) is 1. The number of hydrogen-bond donors (Lipinski definition) is 4. The van der Waals surface area contributed by atoms with Crippen LogP contribution in [0, 0.1) is 12.8 Å². The summed E-state index contributed by atoms with van der Waals surface area (Å²) in [6.45, 7) is 5.17. The molecular weight excluding hydrogens is 248 g/mol. The molecular formula is C13H20N2O4. The number of carboxylic acid groups (broad SMARTS) is 1. The number of aromatic hydroxyl groups is 1. The molecule has 0 amide bonds. The summed E-state index contributed by atoms with van der Waals surface area (Å²) >= 11 is 0. The van der Waals surface area contributed by atoms with Crippen molar-refractivity contribution in [1.82, 2.24) is 10.3 Å². The number of aromatic nitrogens is 1. The number of aliphatic hydroxyl groups excluding tert-OH is 1. The minimum absolute atomic E-state index is 0.00746. The monoisotopic (exact) mass is 268 g/mol. The Morgan fingerprint density at radius 3 is 2.58 bits per heavy atom. The number of rotatable bonds is 6. The van der Waals surface area contributed by atoms with Crippen LogP contribution in [0.1, 0.15) is 30.7 Å². The average molecular weight is 268 g/mol.